The lowest BCUT2D eigenvalue weighted by Crippen LogP contribution is -2.37. The van der Waals surface area contributed by atoms with Gasteiger partial charge in [0.25, 0.3) is 5.91 Å². The van der Waals surface area contributed by atoms with Gasteiger partial charge in [0.1, 0.15) is 4.88 Å². The molecule has 1 aromatic rings. The standard InChI is InChI=1S/C11H17N3OS/c1-3-9-10(16-13-12-9)11(15)14-6-4-8(2)5-7-14/h8H,3-7H2,1-2H3. The lowest BCUT2D eigenvalue weighted by molar-refractivity contribution is 0.0701. The van der Waals surface area contributed by atoms with Crippen molar-refractivity contribution in [2.45, 2.75) is 33.1 Å². The van der Waals surface area contributed by atoms with Gasteiger partial charge in [-0.2, -0.15) is 0 Å². The molecule has 0 aliphatic carbocycles. The van der Waals surface area contributed by atoms with Crippen molar-refractivity contribution in [3.05, 3.63) is 10.6 Å². The normalized spacial score (nSPS) is 17.8. The molecule has 16 heavy (non-hydrogen) atoms. The summed E-state index contributed by atoms with van der Waals surface area (Å²) in [5.74, 6) is 0.869. The van der Waals surface area contributed by atoms with Crippen LogP contribution in [0.5, 0.6) is 0 Å². The van der Waals surface area contributed by atoms with E-state index in [1.807, 2.05) is 11.8 Å². The Morgan fingerprint density at radius 2 is 2.19 bits per heavy atom. The zero-order valence-electron chi connectivity index (χ0n) is 9.77. The minimum absolute atomic E-state index is 0.124. The Morgan fingerprint density at radius 3 is 2.81 bits per heavy atom. The van der Waals surface area contributed by atoms with Gasteiger partial charge >= 0.3 is 0 Å². The topological polar surface area (TPSA) is 46.1 Å². The number of aryl methyl sites for hydroxylation is 1. The maximum atomic E-state index is 12.2. The lowest BCUT2D eigenvalue weighted by atomic mass is 9.99. The van der Waals surface area contributed by atoms with E-state index in [2.05, 4.69) is 16.5 Å². The second-order valence-corrected chi connectivity index (χ2v) is 5.13. The fraction of sp³-hybridized carbons (Fsp3) is 0.727. The van der Waals surface area contributed by atoms with Crippen molar-refractivity contribution < 1.29 is 4.79 Å². The molecule has 1 aromatic heterocycles. The number of piperidine rings is 1. The molecular formula is C11H17N3OS. The van der Waals surface area contributed by atoms with Crippen LogP contribution in [0.3, 0.4) is 0 Å². The van der Waals surface area contributed by atoms with E-state index in [0.717, 1.165) is 48.8 Å². The van der Waals surface area contributed by atoms with Crippen LogP contribution >= 0.6 is 11.5 Å². The molecule has 88 valence electrons. The van der Waals surface area contributed by atoms with E-state index < -0.39 is 0 Å². The number of aromatic nitrogens is 2. The Kier molecular flexibility index (Phi) is 3.53. The van der Waals surface area contributed by atoms with Crippen LogP contribution in [0.15, 0.2) is 0 Å². The third-order valence-corrected chi connectivity index (χ3v) is 3.91. The minimum atomic E-state index is 0.124. The Balaban J connectivity index is 2.07. The molecule has 0 saturated carbocycles. The first-order chi connectivity index (χ1) is 7.72. The molecule has 4 nitrogen and oxygen atoms in total. The fourth-order valence-electron chi connectivity index (χ4n) is 1.96. The quantitative estimate of drug-likeness (QED) is 0.792. The van der Waals surface area contributed by atoms with Gasteiger partial charge in [-0.15, -0.1) is 5.10 Å². The second-order valence-electron chi connectivity index (χ2n) is 4.38. The van der Waals surface area contributed by atoms with Crippen molar-refractivity contribution in [1.29, 1.82) is 0 Å². The molecule has 1 aliphatic heterocycles. The number of carbonyl (C=O) groups is 1. The summed E-state index contributed by atoms with van der Waals surface area (Å²) >= 11 is 1.22. The van der Waals surface area contributed by atoms with E-state index in [4.69, 9.17) is 0 Å². The molecule has 0 atom stereocenters. The second kappa shape index (κ2) is 4.91. The summed E-state index contributed by atoms with van der Waals surface area (Å²) in [7, 11) is 0. The van der Waals surface area contributed by atoms with Crippen molar-refractivity contribution in [2.75, 3.05) is 13.1 Å². The van der Waals surface area contributed by atoms with Crippen LogP contribution in [0.1, 0.15) is 42.1 Å². The predicted octanol–water partition coefficient (Wildman–Crippen LogP) is 1.97. The monoisotopic (exact) mass is 239 g/mol. The highest BCUT2D eigenvalue weighted by Crippen LogP contribution is 2.20. The third-order valence-electron chi connectivity index (χ3n) is 3.16. The Bertz CT molecular complexity index is 369. The first-order valence-electron chi connectivity index (χ1n) is 5.82. The van der Waals surface area contributed by atoms with E-state index in [9.17, 15) is 4.79 Å². The highest BCUT2D eigenvalue weighted by molar-refractivity contribution is 7.07. The van der Waals surface area contributed by atoms with Crippen LogP contribution in [0, 0.1) is 5.92 Å². The number of likely N-dealkylation sites (tertiary alicyclic amines) is 1. The number of hydrogen-bond donors (Lipinski definition) is 0. The van der Waals surface area contributed by atoms with Gasteiger partial charge in [-0.3, -0.25) is 4.79 Å². The van der Waals surface area contributed by atoms with Crippen LogP contribution in [-0.4, -0.2) is 33.5 Å². The third kappa shape index (κ3) is 2.24. The first-order valence-corrected chi connectivity index (χ1v) is 6.60. The number of amides is 1. The summed E-state index contributed by atoms with van der Waals surface area (Å²) in [5, 5.41) is 3.99. The summed E-state index contributed by atoms with van der Waals surface area (Å²) in [6.07, 6.45) is 3.00. The molecule has 0 spiro atoms. The molecule has 2 heterocycles. The maximum Gasteiger partial charge on any atom is 0.267 e. The molecule has 1 fully saturated rings. The van der Waals surface area contributed by atoms with Gasteiger partial charge in [-0.05, 0) is 36.7 Å². The summed E-state index contributed by atoms with van der Waals surface area (Å²) < 4.78 is 3.87. The molecule has 2 rings (SSSR count). The van der Waals surface area contributed by atoms with Gasteiger partial charge in [0, 0.05) is 13.1 Å². The van der Waals surface area contributed by atoms with Crippen molar-refractivity contribution in [3.8, 4) is 0 Å². The lowest BCUT2D eigenvalue weighted by Gasteiger charge is -2.29. The number of nitrogens with zero attached hydrogens (tertiary/aromatic N) is 3. The van der Waals surface area contributed by atoms with Gasteiger partial charge in [0.2, 0.25) is 0 Å². The average molecular weight is 239 g/mol. The summed E-state index contributed by atoms with van der Waals surface area (Å²) in [4.78, 5) is 14.9. The van der Waals surface area contributed by atoms with E-state index >= 15 is 0 Å². The highest BCUT2D eigenvalue weighted by Gasteiger charge is 2.24. The zero-order valence-corrected chi connectivity index (χ0v) is 10.6. The van der Waals surface area contributed by atoms with E-state index in [1.54, 1.807) is 0 Å². The Labute approximate surface area is 99.8 Å². The smallest absolute Gasteiger partial charge is 0.267 e. The predicted molar refractivity (Wildman–Crippen MR) is 63.6 cm³/mol. The van der Waals surface area contributed by atoms with Gasteiger partial charge in [-0.25, -0.2) is 0 Å². The van der Waals surface area contributed by atoms with Crippen LogP contribution in [0.4, 0.5) is 0 Å². The highest BCUT2D eigenvalue weighted by atomic mass is 32.1. The fourth-order valence-corrected chi connectivity index (χ4v) is 2.68. The Hall–Kier alpha value is -0.970. The van der Waals surface area contributed by atoms with Crippen LogP contribution in [0.25, 0.3) is 0 Å². The summed E-state index contributed by atoms with van der Waals surface area (Å²) in [5.41, 5.74) is 0.841. The molecule has 1 amide bonds. The summed E-state index contributed by atoms with van der Waals surface area (Å²) in [6, 6.07) is 0. The number of hydrogen-bond acceptors (Lipinski definition) is 4. The van der Waals surface area contributed by atoms with E-state index in [0.29, 0.717) is 0 Å². The van der Waals surface area contributed by atoms with Crippen molar-refractivity contribution in [1.82, 2.24) is 14.5 Å². The SMILES string of the molecule is CCc1nnsc1C(=O)N1CCC(C)CC1. The Morgan fingerprint density at radius 1 is 1.50 bits per heavy atom. The molecule has 1 aliphatic rings. The molecule has 0 bridgehead atoms. The van der Waals surface area contributed by atoms with Gasteiger partial charge < -0.3 is 4.90 Å². The number of rotatable bonds is 2. The minimum Gasteiger partial charge on any atom is -0.338 e. The van der Waals surface area contributed by atoms with Gasteiger partial charge in [0.05, 0.1) is 5.69 Å². The molecule has 0 aromatic carbocycles. The molecular weight excluding hydrogens is 222 g/mol. The van der Waals surface area contributed by atoms with E-state index in [1.165, 1.54) is 11.5 Å². The summed E-state index contributed by atoms with van der Waals surface area (Å²) in [6.45, 7) is 6.00. The van der Waals surface area contributed by atoms with Crippen LogP contribution < -0.4 is 0 Å². The molecule has 0 radical (unpaired) electrons. The van der Waals surface area contributed by atoms with Crippen LogP contribution in [0.2, 0.25) is 0 Å². The zero-order chi connectivity index (χ0) is 11.5. The van der Waals surface area contributed by atoms with Gasteiger partial charge in [-0.1, -0.05) is 18.3 Å². The van der Waals surface area contributed by atoms with Crippen molar-refractivity contribution in [2.24, 2.45) is 5.92 Å². The molecule has 1 saturated heterocycles. The molecule has 0 N–H and O–H groups in total. The maximum absolute atomic E-state index is 12.2. The van der Waals surface area contributed by atoms with Crippen molar-refractivity contribution >= 4 is 17.4 Å². The first kappa shape index (κ1) is 11.5. The van der Waals surface area contributed by atoms with E-state index in [-0.39, 0.29) is 5.91 Å². The average Bonchev–Trinajstić information content (AvgIpc) is 2.77. The molecule has 0 unspecified atom stereocenters. The van der Waals surface area contributed by atoms with Crippen LogP contribution in [-0.2, 0) is 6.42 Å². The van der Waals surface area contributed by atoms with Crippen molar-refractivity contribution in [3.63, 3.8) is 0 Å². The molecule has 5 heteroatoms. The largest absolute Gasteiger partial charge is 0.338 e. The van der Waals surface area contributed by atoms with Gasteiger partial charge in [0.15, 0.2) is 0 Å². The number of carbonyl (C=O) groups excluding carboxylic acids is 1.